The van der Waals surface area contributed by atoms with Gasteiger partial charge in [-0.15, -0.1) is 0 Å². The van der Waals surface area contributed by atoms with E-state index in [0.717, 1.165) is 13.1 Å². The van der Waals surface area contributed by atoms with Gasteiger partial charge in [0.05, 0.1) is 0 Å². The maximum absolute atomic E-state index is 11.2. The van der Waals surface area contributed by atoms with Crippen LogP contribution in [0.3, 0.4) is 0 Å². The zero-order chi connectivity index (χ0) is 20.4. The standard InChI is InChI=1S/C15H27NO8S3.Na/c1-6-16(7-2)14(25)26-8-9(24-27(17,18)19)10-11(20-5)12-13(21-10)23-15(3,4)22-12;/h9-13H,6-8H2,1-5H3,(H,17,18,19);/q;+1/p-1/t9-,10+,11-,12+,13+;/m0./s1. The van der Waals surface area contributed by atoms with E-state index < -0.39 is 46.9 Å². The van der Waals surface area contributed by atoms with Crippen LogP contribution in [0.4, 0.5) is 0 Å². The third-order valence-electron chi connectivity index (χ3n) is 4.30. The first kappa shape index (κ1) is 27.0. The van der Waals surface area contributed by atoms with Gasteiger partial charge in [0.25, 0.3) is 0 Å². The number of nitrogens with zero attached hydrogens (tertiary/aromatic N) is 1. The Bertz CT molecular complexity index is 631. The molecule has 158 valence electrons. The van der Waals surface area contributed by atoms with Crippen molar-refractivity contribution in [1.29, 1.82) is 0 Å². The molecule has 0 aromatic carbocycles. The molecule has 13 heteroatoms. The van der Waals surface area contributed by atoms with E-state index in [4.69, 9.17) is 35.3 Å². The molecule has 2 aliphatic heterocycles. The molecule has 0 N–H and O–H groups in total. The number of ether oxygens (including phenoxy) is 4. The fourth-order valence-corrected chi connectivity index (χ4v) is 5.16. The van der Waals surface area contributed by atoms with Gasteiger partial charge in [-0.05, 0) is 27.7 Å². The van der Waals surface area contributed by atoms with Gasteiger partial charge in [0.15, 0.2) is 12.1 Å². The zero-order valence-corrected chi connectivity index (χ0v) is 21.4. The molecular weight excluding hydrogens is 441 g/mol. The molecule has 0 unspecified atom stereocenters. The second kappa shape index (κ2) is 11.0. The average molecular weight is 468 g/mol. The molecular formula is C15H26NNaO8S3. The Kier molecular flexibility index (Phi) is 10.6. The molecule has 2 fully saturated rings. The topological polar surface area (TPSA) is 107 Å². The van der Waals surface area contributed by atoms with E-state index in [-0.39, 0.29) is 35.3 Å². The first-order valence-electron chi connectivity index (χ1n) is 8.61. The summed E-state index contributed by atoms with van der Waals surface area (Å²) in [6.45, 7) is 8.84. The number of hydrogen-bond acceptors (Lipinski definition) is 10. The third kappa shape index (κ3) is 6.99. The fourth-order valence-electron chi connectivity index (χ4n) is 3.13. The van der Waals surface area contributed by atoms with Gasteiger partial charge >= 0.3 is 29.6 Å². The molecule has 0 amide bonds. The van der Waals surface area contributed by atoms with E-state index in [0.29, 0.717) is 4.32 Å². The summed E-state index contributed by atoms with van der Waals surface area (Å²) in [6, 6.07) is 0. The molecule has 0 spiro atoms. The molecule has 2 aliphatic rings. The summed E-state index contributed by atoms with van der Waals surface area (Å²) in [7, 11) is -3.50. The molecule has 0 aliphatic carbocycles. The molecule has 5 atom stereocenters. The van der Waals surface area contributed by atoms with Crippen LogP contribution in [0, 0.1) is 0 Å². The predicted octanol–water partition coefficient (Wildman–Crippen LogP) is -1.91. The molecule has 0 aromatic heterocycles. The van der Waals surface area contributed by atoms with E-state index in [9.17, 15) is 13.0 Å². The summed E-state index contributed by atoms with van der Waals surface area (Å²) in [5.41, 5.74) is 0. The predicted molar refractivity (Wildman–Crippen MR) is 102 cm³/mol. The largest absolute Gasteiger partial charge is 1.00 e. The molecule has 9 nitrogen and oxygen atoms in total. The Morgan fingerprint density at radius 3 is 2.43 bits per heavy atom. The smallest absolute Gasteiger partial charge is 0.726 e. The first-order chi connectivity index (χ1) is 12.5. The Morgan fingerprint density at radius 1 is 1.32 bits per heavy atom. The second-order valence-corrected chi connectivity index (χ2v) is 9.22. The van der Waals surface area contributed by atoms with Gasteiger partial charge in [0.2, 0.25) is 10.4 Å². The van der Waals surface area contributed by atoms with Crippen molar-refractivity contribution in [1.82, 2.24) is 4.90 Å². The minimum Gasteiger partial charge on any atom is -0.726 e. The summed E-state index contributed by atoms with van der Waals surface area (Å²) in [6.07, 6.45) is -3.93. The van der Waals surface area contributed by atoms with Crippen LogP contribution in [-0.2, 0) is 33.5 Å². The third-order valence-corrected chi connectivity index (χ3v) is 6.39. The second-order valence-electron chi connectivity index (χ2n) is 6.56. The monoisotopic (exact) mass is 467 g/mol. The van der Waals surface area contributed by atoms with E-state index in [1.165, 1.54) is 18.9 Å². The van der Waals surface area contributed by atoms with Gasteiger partial charge < -0.3 is 28.4 Å². The number of thioether (sulfide) groups is 1. The van der Waals surface area contributed by atoms with Gasteiger partial charge in [-0.25, -0.2) is 8.42 Å². The minimum atomic E-state index is -4.96. The Morgan fingerprint density at radius 2 is 1.93 bits per heavy atom. The summed E-state index contributed by atoms with van der Waals surface area (Å²) in [4.78, 5) is 1.94. The molecule has 0 aromatic rings. The maximum Gasteiger partial charge on any atom is 1.00 e. The van der Waals surface area contributed by atoms with Crippen molar-refractivity contribution in [3.05, 3.63) is 0 Å². The molecule has 0 radical (unpaired) electrons. The van der Waals surface area contributed by atoms with Crippen molar-refractivity contribution in [2.45, 2.75) is 64.2 Å². The fraction of sp³-hybridized carbons (Fsp3) is 0.933. The molecule has 2 saturated heterocycles. The van der Waals surface area contributed by atoms with Crippen LogP contribution in [0.5, 0.6) is 0 Å². The van der Waals surface area contributed by atoms with Crippen LogP contribution in [0.2, 0.25) is 0 Å². The number of rotatable bonds is 8. The van der Waals surface area contributed by atoms with E-state index in [1.807, 2.05) is 18.7 Å². The summed E-state index contributed by atoms with van der Waals surface area (Å²) in [5, 5.41) is 0. The van der Waals surface area contributed by atoms with Crippen LogP contribution < -0.4 is 29.6 Å². The van der Waals surface area contributed by atoms with Crippen LogP contribution >= 0.6 is 24.0 Å². The normalized spacial score (nSPS) is 29.8. The van der Waals surface area contributed by atoms with Gasteiger partial charge in [-0.3, -0.25) is 4.18 Å². The molecule has 0 saturated carbocycles. The van der Waals surface area contributed by atoms with Crippen molar-refractivity contribution in [3.8, 4) is 0 Å². The van der Waals surface area contributed by atoms with Crippen LogP contribution in [0.1, 0.15) is 27.7 Å². The number of methoxy groups -OCH3 is 1. The summed E-state index contributed by atoms with van der Waals surface area (Å²) >= 11 is 6.58. The Balaban J connectivity index is 0.00000392. The molecule has 28 heavy (non-hydrogen) atoms. The maximum atomic E-state index is 11.2. The average Bonchev–Trinajstić information content (AvgIpc) is 3.02. The van der Waals surface area contributed by atoms with Crippen molar-refractivity contribution < 1.29 is 65.7 Å². The van der Waals surface area contributed by atoms with Crippen molar-refractivity contribution in [2.75, 3.05) is 26.0 Å². The van der Waals surface area contributed by atoms with Gasteiger partial charge in [0.1, 0.15) is 28.7 Å². The minimum absolute atomic E-state index is 0. The van der Waals surface area contributed by atoms with Crippen LogP contribution in [-0.4, -0.2) is 84.6 Å². The molecule has 2 rings (SSSR count). The summed E-state index contributed by atoms with van der Waals surface area (Å²) < 4.78 is 61.8. The van der Waals surface area contributed by atoms with E-state index in [1.54, 1.807) is 13.8 Å². The van der Waals surface area contributed by atoms with Gasteiger partial charge in [-0.1, -0.05) is 24.0 Å². The van der Waals surface area contributed by atoms with Crippen molar-refractivity contribution in [3.63, 3.8) is 0 Å². The Hall–Kier alpha value is 0.950. The van der Waals surface area contributed by atoms with Crippen molar-refractivity contribution in [2.24, 2.45) is 0 Å². The van der Waals surface area contributed by atoms with Gasteiger partial charge in [0, 0.05) is 26.0 Å². The number of hydrogen-bond donors (Lipinski definition) is 0. The van der Waals surface area contributed by atoms with Gasteiger partial charge in [-0.2, -0.15) is 0 Å². The first-order valence-corrected chi connectivity index (χ1v) is 11.3. The quantitative estimate of drug-likeness (QED) is 0.173. The van der Waals surface area contributed by atoms with Crippen LogP contribution in [0.25, 0.3) is 0 Å². The van der Waals surface area contributed by atoms with E-state index in [2.05, 4.69) is 0 Å². The van der Waals surface area contributed by atoms with Crippen molar-refractivity contribution >= 4 is 38.7 Å². The number of thiocarbonyl (C=S) groups is 1. The zero-order valence-electron chi connectivity index (χ0n) is 16.9. The SMILES string of the molecule is CCN(CC)C(=S)SC[C@H](OS(=O)(=O)[O-])[C@H]1O[C@@H]2OC(C)(C)O[C@@H]2[C@H]1OC.[Na+]. The number of fused-ring (bicyclic) bond motifs is 1. The summed E-state index contributed by atoms with van der Waals surface area (Å²) in [5.74, 6) is -0.749. The molecule has 0 bridgehead atoms. The van der Waals surface area contributed by atoms with Crippen LogP contribution in [0.15, 0.2) is 0 Å². The molecule has 2 heterocycles. The Labute approximate surface area is 198 Å². The van der Waals surface area contributed by atoms with E-state index >= 15 is 0 Å².